The van der Waals surface area contributed by atoms with Crippen LogP contribution in [0.2, 0.25) is 0 Å². The van der Waals surface area contributed by atoms with Crippen LogP contribution in [0.3, 0.4) is 0 Å². The predicted octanol–water partition coefficient (Wildman–Crippen LogP) is 1.30. The van der Waals surface area contributed by atoms with Crippen molar-refractivity contribution in [3.8, 4) is 0 Å². The van der Waals surface area contributed by atoms with Crippen LogP contribution in [0.5, 0.6) is 0 Å². The van der Waals surface area contributed by atoms with E-state index < -0.39 is 18.3 Å². The molecule has 1 heterocycles. The van der Waals surface area contributed by atoms with E-state index in [0.717, 1.165) is 0 Å². The van der Waals surface area contributed by atoms with E-state index in [1.807, 2.05) is 0 Å². The molecule has 94 valence electrons. The van der Waals surface area contributed by atoms with E-state index in [1.165, 1.54) is 12.3 Å². The van der Waals surface area contributed by atoms with Gasteiger partial charge in [0.2, 0.25) is 0 Å². The van der Waals surface area contributed by atoms with Crippen molar-refractivity contribution in [1.29, 1.82) is 0 Å². The second-order valence-corrected chi connectivity index (χ2v) is 3.20. The number of carbonyl (C=O) groups is 1. The number of halogens is 4. The molecule has 0 aliphatic heterocycles. The molecule has 1 aromatic rings. The molecule has 1 N–H and O–H groups in total. The number of aromatic nitrogens is 2. The fraction of sp³-hybridized carbons (Fsp3) is 0.444. The van der Waals surface area contributed by atoms with Crippen LogP contribution in [0.4, 0.5) is 17.6 Å². The lowest BCUT2D eigenvalue weighted by atomic mass is 10.3. The monoisotopic (exact) mass is 251 g/mol. The number of nitrogens with one attached hydrogen (secondary N) is 1. The van der Waals surface area contributed by atoms with E-state index in [0.29, 0.717) is 5.82 Å². The molecule has 0 fully saturated rings. The van der Waals surface area contributed by atoms with E-state index in [4.69, 9.17) is 0 Å². The summed E-state index contributed by atoms with van der Waals surface area (Å²) in [4.78, 5) is 18.3. The smallest absolute Gasteiger partial charge is 0.345 e. The molecular formula is C9H9F4N3O. The van der Waals surface area contributed by atoms with Crippen LogP contribution in [0.15, 0.2) is 12.3 Å². The Bertz CT molecular complexity index is 411. The summed E-state index contributed by atoms with van der Waals surface area (Å²) in [6.45, 7) is 1.21. The van der Waals surface area contributed by atoms with E-state index in [1.54, 1.807) is 12.2 Å². The molecule has 0 unspecified atom stereocenters. The minimum absolute atomic E-state index is 0.260. The van der Waals surface area contributed by atoms with Crippen LogP contribution < -0.4 is 5.32 Å². The minimum atomic E-state index is -4.69. The molecule has 1 rings (SSSR count). The number of rotatable bonds is 4. The SMILES string of the molecule is Cc1nccc(CNC(=O)C(F)(F)C(F)F)n1. The Morgan fingerprint density at radius 1 is 1.53 bits per heavy atom. The third-order valence-corrected chi connectivity index (χ3v) is 1.84. The molecule has 1 amide bonds. The number of aryl methyl sites for hydroxylation is 1. The summed E-state index contributed by atoms with van der Waals surface area (Å²) in [5, 5.41) is 1.69. The molecule has 0 aromatic carbocycles. The van der Waals surface area contributed by atoms with E-state index in [-0.39, 0.29) is 12.2 Å². The van der Waals surface area contributed by atoms with Crippen LogP contribution >= 0.6 is 0 Å². The van der Waals surface area contributed by atoms with E-state index in [2.05, 4.69) is 9.97 Å². The second-order valence-electron chi connectivity index (χ2n) is 3.20. The lowest BCUT2D eigenvalue weighted by molar-refractivity contribution is -0.169. The largest absolute Gasteiger partial charge is 0.383 e. The van der Waals surface area contributed by atoms with Gasteiger partial charge in [0.15, 0.2) is 0 Å². The summed E-state index contributed by atoms with van der Waals surface area (Å²) in [6.07, 6.45) is -2.66. The van der Waals surface area contributed by atoms with Gasteiger partial charge in [0.25, 0.3) is 5.91 Å². The van der Waals surface area contributed by atoms with Crippen LogP contribution in [0.25, 0.3) is 0 Å². The molecule has 0 atom stereocenters. The third-order valence-electron chi connectivity index (χ3n) is 1.84. The Morgan fingerprint density at radius 2 is 2.18 bits per heavy atom. The molecule has 0 saturated carbocycles. The summed E-state index contributed by atoms with van der Waals surface area (Å²) in [5.74, 6) is -6.33. The molecule has 0 radical (unpaired) electrons. The van der Waals surface area contributed by atoms with E-state index >= 15 is 0 Å². The Balaban J connectivity index is 2.60. The summed E-state index contributed by atoms with van der Waals surface area (Å²) in [7, 11) is 0. The topological polar surface area (TPSA) is 54.9 Å². The van der Waals surface area contributed by atoms with Gasteiger partial charge in [0.05, 0.1) is 12.2 Å². The average Bonchev–Trinajstić information content (AvgIpc) is 2.25. The number of nitrogens with zero attached hydrogens (tertiary/aromatic N) is 2. The van der Waals surface area contributed by atoms with Gasteiger partial charge in [-0.1, -0.05) is 0 Å². The van der Waals surface area contributed by atoms with Gasteiger partial charge >= 0.3 is 12.3 Å². The van der Waals surface area contributed by atoms with Gasteiger partial charge in [0.1, 0.15) is 5.82 Å². The van der Waals surface area contributed by atoms with Gasteiger partial charge in [-0.2, -0.15) is 8.78 Å². The molecule has 0 spiro atoms. The first-order valence-electron chi connectivity index (χ1n) is 4.57. The van der Waals surface area contributed by atoms with Crippen molar-refractivity contribution in [1.82, 2.24) is 15.3 Å². The molecule has 1 aromatic heterocycles. The Labute approximate surface area is 94.1 Å². The number of carbonyl (C=O) groups excluding carboxylic acids is 1. The third kappa shape index (κ3) is 3.36. The first-order valence-corrected chi connectivity index (χ1v) is 4.57. The average molecular weight is 251 g/mol. The fourth-order valence-corrected chi connectivity index (χ4v) is 0.991. The first kappa shape index (κ1) is 13.3. The molecule has 0 aliphatic carbocycles. The summed E-state index contributed by atoms with van der Waals surface area (Å²) in [6, 6.07) is 1.38. The van der Waals surface area contributed by atoms with Gasteiger partial charge in [-0.3, -0.25) is 4.79 Å². The first-order chi connectivity index (χ1) is 7.84. The zero-order valence-electron chi connectivity index (χ0n) is 8.75. The van der Waals surface area contributed by atoms with Gasteiger partial charge < -0.3 is 5.32 Å². The quantitative estimate of drug-likeness (QED) is 0.821. The number of amides is 1. The van der Waals surface area contributed by atoms with Crippen molar-refractivity contribution in [2.45, 2.75) is 25.8 Å². The molecule has 0 saturated heterocycles. The number of alkyl halides is 4. The lowest BCUT2D eigenvalue weighted by Gasteiger charge is -2.14. The summed E-state index contributed by atoms with van der Waals surface area (Å²) < 4.78 is 48.7. The zero-order valence-corrected chi connectivity index (χ0v) is 8.75. The second kappa shape index (κ2) is 5.07. The normalized spacial score (nSPS) is 11.6. The van der Waals surface area contributed by atoms with E-state index in [9.17, 15) is 22.4 Å². The number of hydrogen-bond acceptors (Lipinski definition) is 3. The summed E-state index contributed by atoms with van der Waals surface area (Å²) >= 11 is 0. The van der Waals surface area contributed by atoms with Crippen LogP contribution in [-0.2, 0) is 11.3 Å². The van der Waals surface area contributed by atoms with Crippen molar-refractivity contribution < 1.29 is 22.4 Å². The van der Waals surface area contributed by atoms with Crippen molar-refractivity contribution in [3.05, 3.63) is 23.8 Å². The minimum Gasteiger partial charge on any atom is -0.345 e. The van der Waals surface area contributed by atoms with Crippen molar-refractivity contribution in [3.63, 3.8) is 0 Å². The van der Waals surface area contributed by atoms with Crippen molar-refractivity contribution >= 4 is 5.91 Å². The van der Waals surface area contributed by atoms with Crippen LogP contribution in [-0.4, -0.2) is 28.2 Å². The van der Waals surface area contributed by atoms with Crippen LogP contribution in [0, 0.1) is 6.92 Å². The maximum Gasteiger partial charge on any atom is 0.383 e. The molecule has 17 heavy (non-hydrogen) atoms. The van der Waals surface area contributed by atoms with Crippen LogP contribution in [0.1, 0.15) is 11.5 Å². The molecule has 4 nitrogen and oxygen atoms in total. The lowest BCUT2D eigenvalue weighted by Crippen LogP contribution is -2.44. The molecule has 0 bridgehead atoms. The number of hydrogen-bond donors (Lipinski definition) is 1. The van der Waals surface area contributed by atoms with Gasteiger partial charge in [-0.25, -0.2) is 18.7 Å². The highest BCUT2D eigenvalue weighted by Crippen LogP contribution is 2.22. The maximum atomic E-state index is 12.5. The molecule has 8 heteroatoms. The molecule has 0 aliphatic rings. The van der Waals surface area contributed by atoms with Gasteiger partial charge in [-0.05, 0) is 13.0 Å². The highest BCUT2D eigenvalue weighted by molar-refractivity contribution is 5.83. The fourth-order valence-electron chi connectivity index (χ4n) is 0.991. The Kier molecular flexibility index (Phi) is 3.97. The van der Waals surface area contributed by atoms with Crippen molar-refractivity contribution in [2.75, 3.05) is 0 Å². The summed E-state index contributed by atoms with van der Waals surface area (Å²) in [5.41, 5.74) is 0.260. The predicted molar refractivity (Wildman–Crippen MR) is 49.6 cm³/mol. The Hall–Kier alpha value is -1.73. The molecular weight excluding hydrogens is 242 g/mol. The standard InChI is InChI=1S/C9H9F4N3O/c1-5-14-3-2-6(16-5)4-15-8(17)9(12,13)7(10)11/h2-3,7H,4H2,1H3,(H,15,17). The Morgan fingerprint density at radius 3 is 2.71 bits per heavy atom. The maximum absolute atomic E-state index is 12.5. The van der Waals surface area contributed by atoms with Gasteiger partial charge in [0, 0.05) is 6.20 Å². The highest BCUT2D eigenvalue weighted by atomic mass is 19.3. The zero-order chi connectivity index (χ0) is 13.1. The van der Waals surface area contributed by atoms with Crippen molar-refractivity contribution in [2.24, 2.45) is 0 Å². The van der Waals surface area contributed by atoms with Gasteiger partial charge in [-0.15, -0.1) is 0 Å². The highest BCUT2D eigenvalue weighted by Gasteiger charge is 2.48.